The molecule has 7 heteroatoms. The van der Waals surface area contributed by atoms with Crippen LogP contribution in [0.2, 0.25) is 0 Å². The minimum absolute atomic E-state index is 0.400. The van der Waals surface area contributed by atoms with E-state index in [9.17, 15) is 4.79 Å². The zero-order chi connectivity index (χ0) is 14.2. The normalized spacial score (nSPS) is 22.4. The molecule has 7 nitrogen and oxygen atoms in total. The van der Waals surface area contributed by atoms with E-state index >= 15 is 0 Å². The first-order valence-electron chi connectivity index (χ1n) is 6.62. The molecule has 4 N–H and O–H groups in total. The van der Waals surface area contributed by atoms with Gasteiger partial charge in [0.25, 0.3) is 0 Å². The molecule has 1 atom stereocenters. The van der Waals surface area contributed by atoms with Crippen LogP contribution < -0.4 is 16.0 Å². The lowest BCUT2D eigenvalue weighted by Crippen LogP contribution is -2.50. The maximum absolute atomic E-state index is 10.4. The summed E-state index contributed by atoms with van der Waals surface area (Å²) in [7, 11) is 0. The molecule has 3 heterocycles. The van der Waals surface area contributed by atoms with Crippen molar-refractivity contribution in [3.63, 3.8) is 0 Å². The van der Waals surface area contributed by atoms with Crippen molar-refractivity contribution in [1.82, 2.24) is 20.3 Å². The Morgan fingerprint density at radius 1 is 1.60 bits per heavy atom. The largest absolute Gasteiger partial charge is 0.357 e. The Hall–Kier alpha value is -2.15. The number of nitrogens with one attached hydrogen (secondary N) is 2. The van der Waals surface area contributed by atoms with E-state index in [2.05, 4.69) is 25.2 Å². The third-order valence-corrected chi connectivity index (χ3v) is 3.87. The molecule has 20 heavy (non-hydrogen) atoms. The van der Waals surface area contributed by atoms with Crippen molar-refractivity contribution >= 4 is 23.3 Å². The lowest BCUT2D eigenvalue weighted by atomic mass is 10.0. The number of aromatic amines is 1. The monoisotopic (exact) mass is 274 g/mol. The summed E-state index contributed by atoms with van der Waals surface area (Å²) in [5.74, 6) is 0.909. The number of anilines is 1. The van der Waals surface area contributed by atoms with Gasteiger partial charge in [0, 0.05) is 25.8 Å². The highest BCUT2D eigenvalue weighted by Gasteiger charge is 2.35. The van der Waals surface area contributed by atoms with Gasteiger partial charge < -0.3 is 20.9 Å². The standard InChI is InChI=1S/C13H18N6O/c1-9-4-16-11-10(9)12(18-7-17-11)19-3-2-13(14,6-19)5-15-8-20/h4,7-8H,2-3,5-6,14H2,1H3,(H,15,20)(H,16,17,18)/t13-/m0/s1. The Balaban J connectivity index is 1.90. The van der Waals surface area contributed by atoms with Crippen LogP contribution in [0.1, 0.15) is 12.0 Å². The second kappa shape index (κ2) is 4.75. The van der Waals surface area contributed by atoms with Crippen molar-refractivity contribution < 1.29 is 4.79 Å². The number of nitrogens with two attached hydrogens (primary N) is 1. The van der Waals surface area contributed by atoms with Crippen molar-refractivity contribution in [3.8, 4) is 0 Å². The summed E-state index contributed by atoms with van der Waals surface area (Å²) < 4.78 is 0. The maximum Gasteiger partial charge on any atom is 0.207 e. The third-order valence-electron chi connectivity index (χ3n) is 3.87. The van der Waals surface area contributed by atoms with Gasteiger partial charge in [-0.2, -0.15) is 0 Å². The van der Waals surface area contributed by atoms with Crippen molar-refractivity contribution in [1.29, 1.82) is 0 Å². The highest BCUT2D eigenvalue weighted by atomic mass is 16.1. The van der Waals surface area contributed by atoms with Gasteiger partial charge in [-0.05, 0) is 18.9 Å². The van der Waals surface area contributed by atoms with Crippen LogP contribution in [0.15, 0.2) is 12.5 Å². The summed E-state index contributed by atoms with van der Waals surface area (Å²) >= 11 is 0. The number of carbonyl (C=O) groups excluding carboxylic acids is 1. The predicted molar refractivity (Wildman–Crippen MR) is 76.4 cm³/mol. The van der Waals surface area contributed by atoms with E-state index in [0.717, 1.165) is 35.4 Å². The summed E-state index contributed by atoms with van der Waals surface area (Å²) in [5.41, 5.74) is 7.88. The number of hydrogen-bond acceptors (Lipinski definition) is 5. The van der Waals surface area contributed by atoms with Gasteiger partial charge in [0.1, 0.15) is 17.8 Å². The molecule has 1 fully saturated rings. The van der Waals surface area contributed by atoms with Crippen LogP contribution in [0.25, 0.3) is 11.0 Å². The first-order chi connectivity index (χ1) is 9.63. The molecule has 0 aromatic carbocycles. The molecule has 0 aliphatic carbocycles. The molecular formula is C13H18N6O. The van der Waals surface area contributed by atoms with E-state index in [4.69, 9.17) is 5.73 Å². The molecule has 1 amide bonds. The SMILES string of the molecule is Cc1c[nH]c2ncnc(N3CC[C@](N)(CNC=O)C3)c12. The molecule has 2 aromatic heterocycles. The van der Waals surface area contributed by atoms with Crippen molar-refractivity contribution in [2.75, 3.05) is 24.5 Å². The van der Waals surface area contributed by atoms with Crippen LogP contribution in [-0.4, -0.2) is 46.5 Å². The molecule has 0 radical (unpaired) electrons. The average molecular weight is 274 g/mol. The Morgan fingerprint density at radius 2 is 2.45 bits per heavy atom. The lowest BCUT2D eigenvalue weighted by molar-refractivity contribution is -0.109. The average Bonchev–Trinajstić information content (AvgIpc) is 3.02. The van der Waals surface area contributed by atoms with E-state index in [1.54, 1.807) is 6.33 Å². The minimum atomic E-state index is -0.400. The van der Waals surface area contributed by atoms with Crippen molar-refractivity contribution in [3.05, 3.63) is 18.1 Å². The second-order valence-electron chi connectivity index (χ2n) is 5.43. The van der Waals surface area contributed by atoms with Crippen LogP contribution in [0.4, 0.5) is 5.82 Å². The van der Waals surface area contributed by atoms with Gasteiger partial charge in [0.2, 0.25) is 6.41 Å². The first kappa shape index (κ1) is 12.9. The second-order valence-corrected chi connectivity index (χ2v) is 5.43. The fourth-order valence-electron chi connectivity index (χ4n) is 2.80. The fraction of sp³-hybridized carbons (Fsp3) is 0.462. The third kappa shape index (κ3) is 2.09. The van der Waals surface area contributed by atoms with E-state index < -0.39 is 5.54 Å². The number of carbonyl (C=O) groups is 1. The molecule has 3 rings (SSSR count). The molecule has 0 unspecified atom stereocenters. The highest BCUT2D eigenvalue weighted by molar-refractivity contribution is 5.90. The number of H-pyrrole nitrogens is 1. The van der Waals surface area contributed by atoms with Crippen molar-refractivity contribution in [2.24, 2.45) is 5.73 Å². The van der Waals surface area contributed by atoms with Gasteiger partial charge in [-0.25, -0.2) is 9.97 Å². The molecule has 1 aliphatic rings. The number of nitrogens with zero attached hydrogens (tertiary/aromatic N) is 3. The van der Waals surface area contributed by atoms with Crippen LogP contribution in [0.3, 0.4) is 0 Å². The number of rotatable bonds is 4. The van der Waals surface area contributed by atoms with Gasteiger partial charge in [-0.3, -0.25) is 4.79 Å². The van der Waals surface area contributed by atoms with E-state index in [0.29, 0.717) is 19.5 Å². The van der Waals surface area contributed by atoms with Crippen LogP contribution in [0.5, 0.6) is 0 Å². The van der Waals surface area contributed by atoms with E-state index in [1.807, 2.05) is 13.1 Å². The number of aromatic nitrogens is 3. The zero-order valence-electron chi connectivity index (χ0n) is 11.4. The Labute approximate surface area is 116 Å². The number of amides is 1. The quantitative estimate of drug-likeness (QED) is 0.677. The van der Waals surface area contributed by atoms with Crippen LogP contribution >= 0.6 is 0 Å². The predicted octanol–water partition coefficient (Wildman–Crippen LogP) is -0.0801. The summed E-state index contributed by atoms with van der Waals surface area (Å²) in [4.78, 5) is 24.4. The summed E-state index contributed by atoms with van der Waals surface area (Å²) in [6, 6.07) is 0. The minimum Gasteiger partial charge on any atom is -0.357 e. The topological polar surface area (TPSA) is 99.9 Å². The Bertz CT molecular complexity index is 639. The number of hydrogen-bond donors (Lipinski definition) is 3. The number of aryl methyl sites for hydroxylation is 1. The van der Waals surface area contributed by atoms with Crippen molar-refractivity contribution in [2.45, 2.75) is 18.9 Å². The summed E-state index contributed by atoms with van der Waals surface area (Å²) in [6.07, 6.45) is 5.01. The van der Waals surface area contributed by atoms with Gasteiger partial charge in [0.15, 0.2) is 0 Å². The Morgan fingerprint density at radius 3 is 3.25 bits per heavy atom. The molecule has 1 saturated heterocycles. The van der Waals surface area contributed by atoms with E-state index in [-0.39, 0.29) is 0 Å². The van der Waals surface area contributed by atoms with Gasteiger partial charge >= 0.3 is 0 Å². The Kier molecular flexibility index (Phi) is 3.06. The molecule has 1 aliphatic heterocycles. The van der Waals surface area contributed by atoms with Crippen LogP contribution in [0, 0.1) is 6.92 Å². The highest BCUT2D eigenvalue weighted by Crippen LogP contribution is 2.30. The molecule has 0 spiro atoms. The molecule has 0 saturated carbocycles. The van der Waals surface area contributed by atoms with E-state index in [1.165, 1.54) is 0 Å². The van der Waals surface area contributed by atoms with Crippen LogP contribution in [-0.2, 0) is 4.79 Å². The zero-order valence-corrected chi connectivity index (χ0v) is 11.4. The smallest absolute Gasteiger partial charge is 0.207 e. The maximum atomic E-state index is 10.4. The van der Waals surface area contributed by atoms with Gasteiger partial charge in [-0.1, -0.05) is 0 Å². The molecule has 2 aromatic rings. The molecular weight excluding hydrogens is 256 g/mol. The lowest BCUT2D eigenvalue weighted by Gasteiger charge is -2.24. The first-order valence-corrected chi connectivity index (χ1v) is 6.62. The number of fused-ring (bicyclic) bond motifs is 1. The molecule has 0 bridgehead atoms. The van der Waals surface area contributed by atoms with Gasteiger partial charge in [-0.15, -0.1) is 0 Å². The molecule has 106 valence electrons. The van der Waals surface area contributed by atoms with Gasteiger partial charge in [0.05, 0.1) is 10.9 Å². The summed E-state index contributed by atoms with van der Waals surface area (Å²) in [6.45, 7) is 4.01. The fourth-order valence-corrected chi connectivity index (χ4v) is 2.80. The summed E-state index contributed by atoms with van der Waals surface area (Å²) in [5, 5.41) is 3.72.